The van der Waals surface area contributed by atoms with Crippen LogP contribution in [0.4, 0.5) is 0 Å². The topological polar surface area (TPSA) is 54.8 Å². The molecule has 2 aromatic rings. The van der Waals surface area contributed by atoms with Crippen LogP contribution in [-0.2, 0) is 13.2 Å². The molecule has 1 aromatic carbocycles. The highest BCUT2D eigenvalue weighted by molar-refractivity contribution is 9.10. The number of hydrogen-bond acceptors (Lipinski definition) is 4. The highest BCUT2D eigenvalue weighted by Gasteiger charge is 2.48. The molecule has 0 N–H and O–H groups in total. The first-order valence-corrected chi connectivity index (χ1v) is 10.1. The van der Waals surface area contributed by atoms with E-state index in [0.29, 0.717) is 22.8 Å². The fourth-order valence-electron chi connectivity index (χ4n) is 4.54. The Hall–Kier alpha value is -2.12. The summed E-state index contributed by atoms with van der Waals surface area (Å²) >= 11 is 3.35. The van der Waals surface area contributed by atoms with Gasteiger partial charge in [0.05, 0.1) is 11.0 Å². The van der Waals surface area contributed by atoms with Crippen molar-refractivity contribution < 1.29 is 9.53 Å². The van der Waals surface area contributed by atoms with Crippen molar-refractivity contribution in [1.29, 1.82) is 0 Å². The molecule has 5 rings (SSSR count). The lowest BCUT2D eigenvalue weighted by molar-refractivity contribution is 0.0511. The van der Waals surface area contributed by atoms with Crippen molar-refractivity contribution >= 4 is 21.8 Å². The van der Waals surface area contributed by atoms with E-state index >= 15 is 0 Å². The van der Waals surface area contributed by atoms with Crippen LogP contribution in [0.15, 0.2) is 45.8 Å². The molecule has 27 heavy (non-hydrogen) atoms. The second-order valence-corrected chi connectivity index (χ2v) is 8.24. The molecule has 0 bridgehead atoms. The Morgan fingerprint density at radius 3 is 2.78 bits per heavy atom. The lowest BCUT2D eigenvalue weighted by Gasteiger charge is -2.36. The van der Waals surface area contributed by atoms with Gasteiger partial charge in [-0.2, -0.15) is 0 Å². The summed E-state index contributed by atoms with van der Waals surface area (Å²) in [5.41, 5.74) is 1.05. The van der Waals surface area contributed by atoms with Crippen LogP contribution in [-0.4, -0.2) is 45.6 Å². The van der Waals surface area contributed by atoms with Crippen LogP contribution in [0.3, 0.4) is 0 Å². The quantitative estimate of drug-likeness (QED) is 0.751. The van der Waals surface area contributed by atoms with E-state index in [1.54, 1.807) is 6.20 Å². The van der Waals surface area contributed by atoms with Gasteiger partial charge in [0, 0.05) is 25.3 Å². The number of halogens is 1. The normalized spacial score (nSPS) is 23.9. The summed E-state index contributed by atoms with van der Waals surface area (Å²) in [6.07, 6.45) is 4.13. The average molecular weight is 430 g/mol. The van der Waals surface area contributed by atoms with E-state index < -0.39 is 0 Å². The van der Waals surface area contributed by atoms with Crippen molar-refractivity contribution in [2.24, 2.45) is 0 Å². The Bertz CT molecular complexity index is 959. The van der Waals surface area contributed by atoms with E-state index in [9.17, 15) is 9.59 Å². The zero-order valence-electron chi connectivity index (χ0n) is 14.8. The van der Waals surface area contributed by atoms with Crippen molar-refractivity contribution in [2.75, 3.05) is 13.1 Å². The lowest BCUT2D eigenvalue weighted by Crippen LogP contribution is -2.50. The first-order valence-electron chi connectivity index (χ1n) is 9.30. The Balaban J connectivity index is 1.52. The molecule has 4 heterocycles. The number of rotatable bonds is 3. The van der Waals surface area contributed by atoms with Gasteiger partial charge in [-0.15, -0.1) is 0 Å². The van der Waals surface area contributed by atoms with Gasteiger partial charge >= 0.3 is 0 Å². The Kier molecular flexibility index (Phi) is 4.09. The number of aromatic nitrogens is 1. The zero-order chi connectivity index (χ0) is 18.5. The summed E-state index contributed by atoms with van der Waals surface area (Å²) in [4.78, 5) is 30.3. The van der Waals surface area contributed by atoms with Gasteiger partial charge < -0.3 is 14.2 Å². The zero-order valence-corrected chi connectivity index (χ0v) is 16.4. The van der Waals surface area contributed by atoms with Crippen LogP contribution in [0.1, 0.15) is 28.9 Å². The fourth-order valence-corrected chi connectivity index (χ4v) is 4.97. The summed E-state index contributed by atoms with van der Waals surface area (Å²) in [5, 5.41) is 0. The molecule has 0 spiro atoms. The number of benzene rings is 1. The fraction of sp³-hybridized carbons (Fsp3) is 0.400. The lowest BCUT2D eigenvalue weighted by atomic mass is 10.1. The molecule has 2 atom stereocenters. The van der Waals surface area contributed by atoms with Crippen molar-refractivity contribution in [1.82, 2.24) is 14.4 Å². The third-order valence-electron chi connectivity index (χ3n) is 5.82. The third kappa shape index (κ3) is 2.72. The van der Waals surface area contributed by atoms with Gasteiger partial charge in [-0.1, -0.05) is 30.3 Å². The minimum absolute atomic E-state index is 0.0777. The molecule has 2 saturated heterocycles. The minimum atomic E-state index is -0.274. The monoisotopic (exact) mass is 429 g/mol. The number of fused-ring (bicyclic) bond motifs is 4. The summed E-state index contributed by atoms with van der Waals surface area (Å²) < 4.78 is 8.20. The van der Waals surface area contributed by atoms with Crippen LogP contribution in [0.25, 0.3) is 0 Å². The van der Waals surface area contributed by atoms with Crippen molar-refractivity contribution in [3.05, 3.63) is 62.5 Å². The molecule has 0 aliphatic carbocycles. The Labute approximate surface area is 165 Å². The van der Waals surface area contributed by atoms with E-state index in [1.165, 1.54) is 6.42 Å². The number of hydrogen-bond donors (Lipinski definition) is 0. The van der Waals surface area contributed by atoms with Gasteiger partial charge in [-0.3, -0.25) is 14.5 Å². The van der Waals surface area contributed by atoms with Crippen LogP contribution in [0, 0.1) is 0 Å². The minimum Gasteiger partial charge on any atom is -0.483 e. The second-order valence-electron chi connectivity index (χ2n) is 7.38. The van der Waals surface area contributed by atoms with Crippen LogP contribution in [0.5, 0.6) is 5.75 Å². The van der Waals surface area contributed by atoms with Crippen molar-refractivity contribution in [3.63, 3.8) is 0 Å². The SMILES string of the molecule is O=C1c2c(OCc3ccccc3)c(=O)c(Br)cn2C[C@@H]2N1C[C@H]1CCCN12. The van der Waals surface area contributed by atoms with Gasteiger partial charge in [0.25, 0.3) is 5.91 Å². The molecule has 3 aliphatic heterocycles. The smallest absolute Gasteiger partial charge is 0.275 e. The average Bonchev–Trinajstić information content (AvgIpc) is 3.26. The van der Waals surface area contributed by atoms with Crippen molar-refractivity contribution in [3.8, 4) is 5.75 Å². The molecule has 140 valence electrons. The predicted octanol–water partition coefficient (Wildman–Crippen LogP) is 2.45. The number of ether oxygens (including phenoxy) is 1. The van der Waals surface area contributed by atoms with E-state index in [2.05, 4.69) is 20.8 Å². The largest absolute Gasteiger partial charge is 0.483 e. The molecule has 0 unspecified atom stereocenters. The number of amides is 1. The first kappa shape index (κ1) is 17.0. The van der Waals surface area contributed by atoms with Gasteiger partial charge in [-0.05, 0) is 34.3 Å². The highest BCUT2D eigenvalue weighted by atomic mass is 79.9. The van der Waals surface area contributed by atoms with Gasteiger partial charge in [-0.25, -0.2) is 0 Å². The van der Waals surface area contributed by atoms with E-state index in [4.69, 9.17) is 4.74 Å². The van der Waals surface area contributed by atoms with E-state index in [1.807, 2.05) is 39.8 Å². The summed E-state index contributed by atoms with van der Waals surface area (Å²) in [6, 6.07) is 10.1. The molecule has 0 radical (unpaired) electrons. The van der Waals surface area contributed by atoms with Gasteiger partial charge in [0.15, 0.2) is 11.4 Å². The van der Waals surface area contributed by atoms with Gasteiger partial charge in [0.1, 0.15) is 12.8 Å². The first-order chi connectivity index (χ1) is 13.1. The predicted molar refractivity (Wildman–Crippen MR) is 104 cm³/mol. The number of pyridine rings is 1. The van der Waals surface area contributed by atoms with Gasteiger partial charge in [0.2, 0.25) is 5.43 Å². The van der Waals surface area contributed by atoms with Crippen LogP contribution in [0.2, 0.25) is 0 Å². The van der Waals surface area contributed by atoms with E-state index in [-0.39, 0.29) is 29.9 Å². The van der Waals surface area contributed by atoms with Crippen molar-refractivity contribution in [2.45, 2.75) is 38.2 Å². The molecule has 2 fully saturated rings. The molecule has 7 heteroatoms. The Morgan fingerprint density at radius 1 is 1.15 bits per heavy atom. The molecule has 0 saturated carbocycles. The molecule has 1 aromatic heterocycles. The molecular weight excluding hydrogens is 410 g/mol. The summed E-state index contributed by atoms with van der Waals surface area (Å²) in [6.45, 7) is 2.70. The van der Waals surface area contributed by atoms with Crippen LogP contribution < -0.4 is 10.2 Å². The number of carbonyl (C=O) groups is 1. The molecule has 1 amide bonds. The van der Waals surface area contributed by atoms with E-state index in [0.717, 1.165) is 25.1 Å². The third-order valence-corrected chi connectivity index (χ3v) is 6.38. The molecule has 3 aliphatic rings. The number of carbonyl (C=O) groups excluding carboxylic acids is 1. The molecule has 6 nitrogen and oxygen atoms in total. The maximum absolute atomic E-state index is 13.3. The molecular formula is C20H20BrN3O3. The maximum Gasteiger partial charge on any atom is 0.275 e. The second kappa shape index (κ2) is 6.49. The summed E-state index contributed by atoms with van der Waals surface area (Å²) in [7, 11) is 0. The number of nitrogens with zero attached hydrogens (tertiary/aromatic N) is 3. The summed E-state index contributed by atoms with van der Waals surface area (Å²) in [5.74, 6) is 0.0389. The standard InChI is InChI=1S/C20H20BrN3O3/c21-15-10-22-11-16-23-8-4-7-14(23)9-24(16)20(26)17(22)19(18(15)25)27-12-13-5-2-1-3-6-13/h1-3,5-6,10,14,16H,4,7-9,11-12H2/t14-,16+/m1/s1. The Morgan fingerprint density at radius 2 is 1.96 bits per heavy atom. The van der Waals surface area contributed by atoms with Crippen LogP contribution >= 0.6 is 15.9 Å². The highest BCUT2D eigenvalue weighted by Crippen LogP contribution is 2.36. The maximum atomic E-state index is 13.3.